The average Bonchev–Trinajstić information content (AvgIpc) is 3.07. The van der Waals surface area contributed by atoms with Crippen molar-refractivity contribution in [1.29, 1.82) is 0 Å². The average molecular weight is 308 g/mol. The molecule has 2 heteroatoms. The number of hydrogen-bond donors (Lipinski definition) is 0. The molecule has 0 atom stereocenters. The number of aryl methyl sites for hydroxylation is 1. The Morgan fingerprint density at radius 1 is 0.684 bits per heavy atom. The van der Waals surface area contributed by atoms with Gasteiger partial charge in [-0.05, 0) is 76.8 Å². The molecule has 2 fully saturated rings. The first-order valence-corrected chi connectivity index (χ1v) is 6.79. The van der Waals surface area contributed by atoms with Gasteiger partial charge in [0.25, 0.3) is 0 Å². The molecule has 0 N–H and O–H groups in total. The minimum atomic E-state index is 0. The van der Waals surface area contributed by atoms with Crippen LogP contribution in [0.5, 0.6) is 0 Å². The SMILES string of the molecule is Cc1ccc(S[C]2[CH][CH][CH][CH]2)cc1.[CH]1[CH][CH][CH][CH]1.[Fe+2]. The van der Waals surface area contributed by atoms with Gasteiger partial charge in [-0.15, -0.1) is 11.8 Å². The summed E-state index contributed by atoms with van der Waals surface area (Å²) < 4.78 is 0. The molecule has 1 aromatic carbocycles. The molecule has 96 valence electrons. The molecular weight excluding hydrogens is 292 g/mol. The van der Waals surface area contributed by atoms with Gasteiger partial charge in [-0.1, -0.05) is 17.7 Å². The summed E-state index contributed by atoms with van der Waals surface area (Å²) in [5.41, 5.74) is 1.31. The van der Waals surface area contributed by atoms with Gasteiger partial charge in [-0.25, -0.2) is 0 Å². The van der Waals surface area contributed by atoms with Crippen LogP contribution in [0.2, 0.25) is 0 Å². The van der Waals surface area contributed by atoms with Crippen LogP contribution in [0.25, 0.3) is 0 Å². The molecule has 0 saturated heterocycles. The fourth-order valence-electron chi connectivity index (χ4n) is 1.49. The van der Waals surface area contributed by atoms with Gasteiger partial charge in [0.15, 0.2) is 0 Å². The fourth-order valence-corrected chi connectivity index (χ4v) is 2.33. The van der Waals surface area contributed by atoms with Gasteiger partial charge in [0.1, 0.15) is 0 Å². The molecule has 1 aromatic rings. The van der Waals surface area contributed by atoms with Crippen LogP contribution in [0.3, 0.4) is 0 Å². The molecule has 0 amide bonds. The van der Waals surface area contributed by atoms with Crippen molar-refractivity contribution in [2.75, 3.05) is 0 Å². The zero-order valence-electron chi connectivity index (χ0n) is 10.8. The van der Waals surface area contributed by atoms with E-state index in [2.05, 4.69) is 56.9 Å². The van der Waals surface area contributed by atoms with E-state index in [9.17, 15) is 0 Å². The Hall–Kier alpha value is 0.0895. The molecule has 0 nitrogen and oxygen atoms in total. The Morgan fingerprint density at radius 3 is 1.63 bits per heavy atom. The summed E-state index contributed by atoms with van der Waals surface area (Å²) in [6.45, 7) is 2.11. The van der Waals surface area contributed by atoms with E-state index in [0.717, 1.165) is 0 Å². The number of rotatable bonds is 2. The van der Waals surface area contributed by atoms with Crippen molar-refractivity contribution in [3.05, 3.63) is 92.9 Å². The van der Waals surface area contributed by atoms with Gasteiger partial charge in [-0.2, -0.15) is 0 Å². The van der Waals surface area contributed by atoms with Gasteiger partial charge in [0.05, 0.1) is 0 Å². The first kappa shape index (κ1) is 17.1. The Bertz CT molecular complexity index is 316. The standard InChI is InChI=1S/C12H11S.C5H5.Fe/c1-10-6-8-12(9-7-10)13-11-4-2-3-5-11;1-2-4-5-3-1;/h2-9H,1H3;1-5H;/q;;+2. The van der Waals surface area contributed by atoms with E-state index in [4.69, 9.17) is 0 Å². The van der Waals surface area contributed by atoms with E-state index in [0.29, 0.717) is 0 Å². The summed E-state index contributed by atoms with van der Waals surface area (Å²) in [5.74, 6) is 0. The van der Waals surface area contributed by atoms with Gasteiger partial charge < -0.3 is 0 Å². The van der Waals surface area contributed by atoms with Crippen molar-refractivity contribution in [1.82, 2.24) is 0 Å². The van der Waals surface area contributed by atoms with Gasteiger partial charge >= 0.3 is 17.1 Å². The third-order valence-electron chi connectivity index (χ3n) is 2.44. The van der Waals surface area contributed by atoms with E-state index in [1.165, 1.54) is 15.7 Å². The summed E-state index contributed by atoms with van der Waals surface area (Å²) in [5, 5.41) is 1.31. The van der Waals surface area contributed by atoms with Gasteiger partial charge in [0.2, 0.25) is 0 Å². The molecule has 10 radical (unpaired) electrons. The van der Waals surface area contributed by atoms with Crippen LogP contribution < -0.4 is 0 Å². The van der Waals surface area contributed by atoms with Gasteiger partial charge in [0, 0.05) is 10.1 Å². The van der Waals surface area contributed by atoms with E-state index in [1.807, 2.05) is 32.1 Å². The first-order chi connectivity index (χ1) is 8.84. The van der Waals surface area contributed by atoms with Crippen LogP contribution in [0, 0.1) is 70.0 Å². The van der Waals surface area contributed by atoms with Crippen LogP contribution in [0.15, 0.2) is 29.2 Å². The molecular formula is C17H16FeS+2. The minimum absolute atomic E-state index is 0. The third kappa shape index (κ3) is 6.88. The van der Waals surface area contributed by atoms with Crippen molar-refractivity contribution in [2.45, 2.75) is 11.8 Å². The molecule has 0 bridgehead atoms. The second-order valence-corrected chi connectivity index (χ2v) is 5.14. The Labute approximate surface area is 133 Å². The van der Waals surface area contributed by atoms with Crippen molar-refractivity contribution >= 4 is 11.8 Å². The molecule has 0 aromatic heterocycles. The van der Waals surface area contributed by atoms with Crippen molar-refractivity contribution in [3.63, 3.8) is 0 Å². The maximum absolute atomic E-state index is 2.16. The normalized spacial score (nSPS) is 18.6. The quantitative estimate of drug-likeness (QED) is 0.727. The Kier molecular flexibility index (Phi) is 8.94. The van der Waals surface area contributed by atoms with Crippen molar-refractivity contribution < 1.29 is 17.1 Å². The molecule has 3 rings (SSSR count). The fraction of sp³-hybridized carbons (Fsp3) is 0.0588. The smallest absolute Gasteiger partial charge is 0.117 e. The van der Waals surface area contributed by atoms with E-state index >= 15 is 0 Å². The minimum Gasteiger partial charge on any atom is -0.117 e. The summed E-state index contributed by atoms with van der Waals surface area (Å²) in [7, 11) is 0. The first-order valence-electron chi connectivity index (χ1n) is 5.97. The van der Waals surface area contributed by atoms with Crippen LogP contribution in [-0.4, -0.2) is 0 Å². The second kappa shape index (κ2) is 9.91. The Morgan fingerprint density at radius 2 is 1.16 bits per heavy atom. The predicted octanol–water partition coefficient (Wildman–Crippen LogP) is 4.47. The molecule has 19 heavy (non-hydrogen) atoms. The zero-order valence-corrected chi connectivity index (χ0v) is 12.7. The summed E-state index contributed by atoms with van der Waals surface area (Å²) >= 11 is 1.80. The summed E-state index contributed by atoms with van der Waals surface area (Å²) in [4.78, 5) is 1.30. The van der Waals surface area contributed by atoms with E-state index in [1.54, 1.807) is 11.8 Å². The molecule has 0 spiro atoms. The van der Waals surface area contributed by atoms with Crippen LogP contribution in [-0.2, 0) is 17.1 Å². The molecule has 0 heterocycles. The molecule has 0 aliphatic heterocycles. The molecule has 2 saturated carbocycles. The van der Waals surface area contributed by atoms with Crippen LogP contribution in [0.1, 0.15) is 5.56 Å². The molecule has 2 aliphatic carbocycles. The van der Waals surface area contributed by atoms with Crippen molar-refractivity contribution in [3.8, 4) is 0 Å². The second-order valence-electron chi connectivity index (χ2n) is 4.00. The van der Waals surface area contributed by atoms with Gasteiger partial charge in [-0.3, -0.25) is 0 Å². The topological polar surface area (TPSA) is 0 Å². The summed E-state index contributed by atoms with van der Waals surface area (Å²) in [6.07, 6.45) is 18.4. The zero-order chi connectivity index (χ0) is 12.6. The number of thioether (sulfide) groups is 1. The maximum Gasteiger partial charge on any atom is 2.00 e. The Balaban J connectivity index is 0.000000256. The molecule has 0 unspecified atom stereocenters. The van der Waals surface area contributed by atoms with Crippen LogP contribution >= 0.6 is 11.8 Å². The monoisotopic (exact) mass is 308 g/mol. The van der Waals surface area contributed by atoms with Crippen molar-refractivity contribution in [2.24, 2.45) is 0 Å². The largest absolute Gasteiger partial charge is 2.00 e. The maximum atomic E-state index is 2.16. The third-order valence-corrected chi connectivity index (χ3v) is 3.46. The molecule has 2 aliphatic rings. The van der Waals surface area contributed by atoms with E-state index < -0.39 is 0 Å². The number of benzene rings is 1. The van der Waals surface area contributed by atoms with Crippen LogP contribution in [0.4, 0.5) is 0 Å². The van der Waals surface area contributed by atoms with E-state index in [-0.39, 0.29) is 17.1 Å². The summed E-state index contributed by atoms with van der Waals surface area (Å²) in [6, 6.07) is 8.61. The number of hydrogen-bond acceptors (Lipinski definition) is 1. The predicted molar refractivity (Wildman–Crippen MR) is 79.0 cm³/mol.